The number of rotatable bonds is 2. The zero-order chi connectivity index (χ0) is 21.2. The number of thiazole rings is 1. The molecule has 0 N–H and O–H groups in total. The molecule has 0 saturated carbocycles. The number of hydrogen-bond acceptors (Lipinski definition) is 3. The van der Waals surface area contributed by atoms with E-state index in [-0.39, 0.29) is 5.56 Å². The molecule has 0 spiro atoms. The van der Waals surface area contributed by atoms with Crippen LogP contribution in [-0.4, -0.2) is 14.0 Å². The summed E-state index contributed by atoms with van der Waals surface area (Å²) in [6, 6.07) is 14.7. The number of halogens is 1. The van der Waals surface area contributed by atoms with E-state index in [1.54, 1.807) is 4.40 Å². The molecule has 3 aromatic heterocycles. The highest BCUT2D eigenvalue weighted by Gasteiger charge is 2.14. The van der Waals surface area contributed by atoms with Crippen molar-refractivity contribution in [2.24, 2.45) is 0 Å². The van der Waals surface area contributed by atoms with Crippen molar-refractivity contribution in [3.63, 3.8) is 0 Å². The zero-order valence-electron chi connectivity index (χ0n) is 17.2. The Bertz CT molecular complexity index is 1570. The van der Waals surface area contributed by atoms with Gasteiger partial charge in [0, 0.05) is 20.6 Å². The molecule has 0 amide bonds. The summed E-state index contributed by atoms with van der Waals surface area (Å²) in [7, 11) is 0. The Balaban J connectivity index is 1.71. The van der Waals surface area contributed by atoms with Gasteiger partial charge in [-0.15, -0.1) is 0 Å². The summed E-state index contributed by atoms with van der Waals surface area (Å²) in [6.07, 6.45) is 2.00. The van der Waals surface area contributed by atoms with E-state index >= 15 is 0 Å². The maximum absolute atomic E-state index is 13.2. The molecule has 0 aliphatic heterocycles. The van der Waals surface area contributed by atoms with Gasteiger partial charge in [0.2, 0.25) is 0 Å². The lowest BCUT2D eigenvalue weighted by Crippen LogP contribution is -2.22. The molecule has 5 rings (SSSR count). The SMILES string of the molecule is Cc1cc2nc3s/c(=C\c4cc(C)n(-c5cccc(I)c5)c4C)c(=O)n3c2cc1C. The number of aromatic nitrogens is 3. The minimum Gasteiger partial charge on any atom is -0.318 e. The van der Waals surface area contributed by atoms with Crippen LogP contribution in [0, 0.1) is 31.3 Å². The van der Waals surface area contributed by atoms with Gasteiger partial charge in [-0.1, -0.05) is 17.4 Å². The van der Waals surface area contributed by atoms with Crippen LogP contribution in [0.2, 0.25) is 0 Å². The summed E-state index contributed by atoms with van der Waals surface area (Å²) in [5, 5.41) is 0. The van der Waals surface area contributed by atoms with E-state index in [1.165, 1.54) is 26.0 Å². The molecule has 150 valence electrons. The van der Waals surface area contributed by atoms with E-state index in [0.29, 0.717) is 4.53 Å². The molecule has 30 heavy (non-hydrogen) atoms. The van der Waals surface area contributed by atoms with E-state index in [9.17, 15) is 4.79 Å². The van der Waals surface area contributed by atoms with Gasteiger partial charge in [-0.25, -0.2) is 9.38 Å². The van der Waals surface area contributed by atoms with Gasteiger partial charge in [-0.3, -0.25) is 4.79 Å². The quantitative estimate of drug-likeness (QED) is 0.302. The van der Waals surface area contributed by atoms with Crippen molar-refractivity contribution in [2.75, 3.05) is 0 Å². The minimum atomic E-state index is -0.000171. The first kappa shape index (κ1) is 19.5. The molecule has 0 bridgehead atoms. The molecular weight excluding hydrogens is 505 g/mol. The molecule has 0 unspecified atom stereocenters. The minimum absolute atomic E-state index is 0.000171. The van der Waals surface area contributed by atoms with Crippen molar-refractivity contribution in [1.82, 2.24) is 14.0 Å². The Labute approximate surface area is 191 Å². The van der Waals surface area contributed by atoms with Crippen LogP contribution < -0.4 is 10.1 Å². The lowest BCUT2D eigenvalue weighted by atomic mass is 10.1. The Morgan fingerprint density at radius 2 is 1.80 bits per heavy atom. The number of aryl methyl sites for hydroxylation is 3. The summed E-state index contributed by atoms with van der Waals surface area (Å²) < 4.78 is 5.89. The highest BCUT2D eigenvalue weighted by Crippen LogP contribution is 2.24. The Hall–Kier alpha value is -2.45. The zero-order valence-corrected chi connectivity index (χ0v) is 20.1. The first-order chi connectivity index (χ1) is 14.3. The number of hydrogen-bond donors (Lipinski definition) is 0. The molecular formula is C24H20IN3OS. The average Bonchev–Trinajstić information content (AvgIpc) is 3.27. The van der Waals surface area contributed by atoms with Crippen molar-refractivity contribution >= 4 is 56.0 Å². The van der Waals surface area contributed by atoms with Gasteiger partial charge < -0.3 is 4.57 Å². The van der Waals surface area contributed by atoms with E-state index in [4.69, 9.17) is 4.98 Å². The fourth-order valence-electron chi connectivity index (χ4n) is 4.01. The first-order valence-electron chi connectivity index (χ1n) is 9.72. The molecule has 3 heterocycles. The first-order valence-corrected chi connectivity index (χ1v) is 11.6. The van der Waals surface area contributed by atoms with Gasteiger partial charge in [0.15, 0.2) is 4.96 Å². The predicted molar refractivity (Wildman–Crippen MR) is 133 cm³/mol. The van der Waals surface area contributed by atoms with Gasteiger partial charge in [0.05, 0.1) is 15.6 Å². The number of fused-ring (bicyclic) bond motifs is 3. The highest BCUT2D eigenvalue weighted by atomic mass is 127. The van der Waals surface area contributed by atoms with Crippen molar-refractivity contribution in [3.8, 4) is 5.69 Å². The molecule has 0 fully saturated rings. The van der Waals surface area contributed by atoms with E-state index in [1.807, 2.05) is 6.08 Å². The summed E-state index contributed by atoms with van der Waals surface area (Å²) in [6.45, 7) is 8.34. The van der Waals surface area contributed by atoms with Crippen molar-refractivity contribution in [1.29, 1.82) is 0 Å². The van der Waals surface area contributed by atoms with Crippen LogP contribution in [0.15, 0.2) is 47.3 Å². The van der Waals surface area contributed by atoms with Crippen LogP contribution in [-0.2, 0) is 0 Å². The lowest BCUT2D eigenvalue weighted by Gasteiger charge is -2.09. The molecule has 0 radical (unpaired) electrons. The maximum atomic E-state index is 13.2. The fraction of sp³-hybridized carbons (Fsp3) is 0.167. The normalized spacial score (nSPS) is 12.5. The van der Waals surface area contributed by atoms with Crippen LogP contribution in [0.5, 0.6) is 0 Å². The van der Waals surface area contributed by atoms with E-state index in [0.717, 1.165) is 38.6 Å². The average molecular weight is 525 g/mol. The number of imidazole rings is 1. The molecule has 0 aliphatic rings. The van der Waals surface area contributed by atoms with Crippen LogP contribution in [0.1, 0.15) is 28.1 Å². The summed E-state index contributed by atoms with van der Waals surface area (Å²) in [4.78, 5) is 18.7. The topological polar surface area (TPSA) is 39.3 Å². The second-order valence-electron chi connectivity index (χ2n) is 7.71. The van der Waals surface area contributed by atoms with Crippen molar-refractivity contribution in [2.45, 2.75) is 27.7 Å². The summed E-state index contributed by atoms with van der Waals surface area (Å²) in [5.74, 6) is 0. The van der Waals surface area contributed by atoms with Crippen LogP contribution in [0.4, 0.5) is 0 Å². The maximum Gasteiger partial charge on any atom is 0.274 e. The third-order valence-corrected chi connectivity index (χ3v) is 7.32. The van der Waals surface area contributed by atoms with Gasteiger partial charge in [0.25, 0.3) is 5.56 Å². The smallest absolute Gasteiger partial charge is 0.274 e. The Morgan fingerprint density at radius 1 is 1.03 bits per heavy atom. The number of nitrogens with zero attached hydrogens (tertiary/aromatic N) is 3. The molecule has 2 aromatic carbocycles. The molecule has 5 aromatic rings. The molecule has 0 atom stereocenters. The van der Waals surface area contributed by atoms with Crippen molar-refractivity contribution in [3.05, 3.63) is 89.0 Å². The van der Waals surface area contributed by atoms with Gasteiger partial charge in [-0.05, 0) is 109 Å². The van der Waals surface area contributed by atoms with Gasteiger partial charge in [0.1, 0.15) is 0 Å². The van der Waals surface area contributed by atoms with Crippen LogP contribution >= 0.6 is 33.9 Å². The van der Waals surface area contributed by atoms with Gasteiger partial charge >= 0.3 is 0 Å². The summed E-state index contributed by atoms with van der Waals surface area (Å²) >= 11 is 3.78. The molecule has 0 saturated heterocycles. The molecule has 0 aliphatic carbocycles. The predicted octanol–water partition coefficient (Wildman–Crippen LogP) is 5.09. The highest BCUT2D eigenvalue weighted by molar-refractivity contribution is 14.1. The van der Waals surface area contributed by atoms with E-state index in [2.05, 4.69) is 97.3 Å². The second kappa shape index (κ2) is 7.06. The standard InChI is InChI=1S/C24H20IN3OS/c1-13-8-20-21(9-14(13)2)28-23(29)22(30-24(28)26-20)11-17-10-15(3)27(16(17)4)19-7-5-6-18(25)12-19/h5-12H,1-4H3/b22-11-. The monoisotopic (exact) mass is 525 g/mol. The van der Waals surface area contributed by atoms with Crippen LogP contribution in [0.25, 0.3) is 27.8 Å². The largest absolute Gasteiger partial charge is 0.318 e. The number of benzene rings is 2. The fourth-order valence-corrected chi connectivity index (χ4v) is 5.51. The second-order valence-corrected chi connectivity index (χ2v) is 9.97. The third kappa shape index (κ3) is 3.01. The molecule has 4 nitrogen and oxygen atoms in total. The lowest BCUT2D eigenvalue weighted by molar-refractivity contribution is 0.963. The Kier molecular flexibility index (Phi) is 4.59. The summed E-state index contributed by atoms with van der Waals surface area (Å²) in [5.41, 5.74) is 8.59. The van der Waals surface area contributed by atoms with Crippen molar-refractivity contribution < 1.29 is 0 Å². The Morgan fingerprint density at radius 3 is 2.57 bits per heavy atom. The third-order valence-electron chi connectivity index (χ3n) is 5.68. The molecule has 6 heteroatoms. The van der Waals surface area contributed by atoms with E-state index < -0.39 is 0 Å². The van der Waals surface area contributed by atoms with Crippen LogP contribution in [0.3, 0.4) is 0 Å². The van der Waals surface area contributed by atoms with Gasteiger partial charge in [-0.2, -0.15) is 0 Å².